The van der Waals surface area contributed by atoms with E-state index in [0.29, 0.717) is 11.0 Å². The van der Waals surface area contributed by atoms with E-state index in [1.807, 2.05) is 23.6 Å². The van der Waals surface area contributed by atoms with Gasteiger partial charge in [0.15, 0.2) is 5.13 Å². The lowest BCUT2D eigenvalue weighted by molar-refractivity contribution is -0.117. The van der Waals surface area contributed by atoms with Crippen LogP contribution in [-0.4, -0.2) is 10.9 Å². The number of nitrogens with zero attached hydrogens (tertiary/aromatic N) is 1. The Morgan fingerprint density at radius 1 is 1.07 bits per heavy atom. The average molecular weight is 377 g/mol. The number of carbonyl (C=O) groups excluding carboxylic acids is 1. The third-order valence-corrected chi connectivity index (χ3v) is 5.89. The predicted octanol–water partition coefficient (Wildman–Crippen LogP) is 5.85. The number of amides is 1. The van der Waals surface area contributed by atoms with Crippen molar-refractivity contribution in [2.45, 2.75) is 38.5 Å². The van der Waals surface area contributed by atoms with Gasteiger partial charge in [-0.05, 0) is 28.9 Å². The highest BCUT2D eigenvalue weighted by Gasteiger charge is 2.44. The summed E-state index contributed by atoms with van der Waals surface area (Å²) in [6, 6.07) is 18.8. The average Bonchev–Trinajstić information content (AvgIpc) is 3.34. The molecular formula is C23H24N2OS. The number of aromatic nitrogens is 1. The molecule has 1 N–H and O–H groups in total. The summed E-state index contributed by atoms with van der Waals surface area (Å²) in [5, 5.41) is 5.68. The summed E-state index contributed by atoms with van der Waals surface area (Å²) in [5.41, 5.74) is 4.67. The molecule has 1 aliphatic carbocycles. The number of hydrogen-bond donors (Lipinski definition) is 1. The summed E-state index contributed by atoms with van der Waals surface area (Å²) < 4.78 is 0. The van der Waals surface area contributed by atoms with E-state index in [1.165, 1.54) is 22.5 Å². The lowest BCUT2D eigenvalue weighted by atomic mass is 9.86. The molecule has 0 aliphatic heterocycles. The maximum atomic E-state index is 12.5. The molecule has 1 heterocycles. The van der Waals surface area contributed by atoms with Gasteiger partial charge in [-0.3, -0.25) is 4.79 Å². The summed E-state index contributed by atoms with van der Waals surface area (Å²) in [6.45, 7) is 6.62. The summed E-state index contributed by atoms with van der Waals surface area (Å²) in [5.74, 6) is 0.481. The molecule has 0 unspecified atom stereocenters. The van der Waals surface area contributed by atoms with Crippen molar-refractivity contribution < 1.29 is 4.79 Å². The first-order valence-electron chi connectivity index (χ1n) is 9.34. The minimum Gasteiger partial charge on any atom is -0.302 e. The fraction of sp³-hybridized carbons (Fsp3) is 0.304. The van der Waals surface area contributed by atoms with Crippen LogP contribution in [0.15, 0.2) is 60.0 Å². The van der Waals surface area contributed by atoms with Crippen LogP contribution in [0.4, 0.5) is 5.13 Å². The van der Waals surface area contributed by atoms with Gasteiger partial charge in [0.2, 0.25) is 5.91 Å². The van der Waals surface area contributed by atoms with Crippen LogP contribution in [0.25, 0.3) is 11.3 Å². The molecule has 0 bridgehead atoms. The first-order chi connectivity index (χ1) is 12.9. The Bertz CT molecular complexity index is 939. The van der Waals surface area contributed by atoms with Gasteiger partial charge in [-0.25, -0.2) is 4.98 Å². The van der Waals surface area contributed by atoms with Crippen LogP contribution in [-0.2, 0) is 10.2 Å². The summed E-state index contributed by atoms with van der Waals surface area (Å²) in [4.78, 5) is 17.1. The van der Waals surface area contributed by atoms with Gasteiger partial charge < -0.3 is 5.32 Å². The van der Waals surface area contributed by atoms with Gasteiger partial charge in [-0.15, -0.1) is 11.3 Å². The third kappa shape index (κ3) is 3.96. The Kier molecular flexibility index (Phi) is 4.60. The van der Waals surface area contributed by atoms with E-state index in [0.717, 1.165) is 17.7 Å². The van der Waals surface area contributed by atoms with Crippen LogP contribution in [0.1, 0.15) is 44.2 Å². The van der Waals surface area contributed by atoms with Crippen molar-refractivity contribution in [3.63, 3.8) is 0 Å². The van der Waals surface area contributed by atoms with Crippen molar-refractivity contribution in [2.75, 3.05) is 5.32 Å². The Labute approximate surface area is 164 Å². The zero-order chi connectivity index (χ0) is 19.0. The number of thiazole rings is 1. The fourth-order valence-corrected chi connectivity index (χ4v) is 4.08. The number of rotatable bonds is 4. The Balaban J connectivity index is 1.41. The highest BCUT2D eigenvalue weighted by atomic mass is 32.1. The monoisotopic (exact) mass is 376 g/mol. The van der Waals surface area contributed by atoms with Crippen LogP contribution in [0.3, 0.4) is 0 Å². The van der Waals surface area contributed by atoms with Crippen molar-refractivity contribution in [1.29, 1.82) is 0 Å². The lowest BCUT2D eigenvalue weighted by Gasteiger charge is -2.18. The minimum absolute atomic E-state index is 0.0609. The first-order valence-corrected chi connectivity index (χ1v) is 10.2. The molecule has 0 spiro atoms. The number of benzene rings is 2. The van der Waals surface area contributed by atoms with Crippen LogP contribution >= 0.6 is 11.3 Å². The normalized spacial score (nSPS) is 18.9. The zero-order valence-corrected chi connectivity index (χ0v) is 16.7. The van der Waals surface area contributed by atoms with Gasteiger partial charge in [-0.2, -0.15) is 0 Å². The van der Waals surface area contributed by atoms with Crippen molar-refractivity contribution in [1.82, 2.24) is 4.98 Å². The summed E-state index contributed by atoms with van der Waals surface area (Å²) in [6.07, 6.45) is 0.919. The SMILES string of the molecule is CC(C)(C)c1ccc(-c2csc(NC(=O)[C@@H]3C[C@@H]3c3ccccc3)n2)cc1. The minimum atomic E-state index is 0.0609. The molecule has 4 rings (SSSR count). The Morgan fingerprint density at radius 3 is 2.44 bits per heavy atom. The van der Waals surface area contributed by atoms with Crippen LogP contribution in [0.2, 0.25) is 0 Å². The van der Waals surface area contributed by atoms with Gasteiger partial charge >= 0.3 is 0 Å². The fourth-order valence-electron chi connectivity index (χ4n) is 3.36. The summed E-state index contributed by atoms with van der Waals surface area (Å²) >= 11 is 1.48. The molecule has 2 aromatic carbocycles. The second-order valence-electron chi connectivity index (χ2n) is 8.21. The number of carbonyl (C=O) groups is 1. The van der Waals surface area contributed by atoms with Gasteiger partial charge in [0.1, 0.15) is 0 Å². The second-order valence-corrected chi connectivity index (χ2v) is 9.07. The maximum Gasteiger partial charge on any atom is 0.229 e. The molecule has 0 saturated heterocycles. The van der Waals surface area contributed by atoms with E-state index in [1.54, 1.807) is 0 Å². The molecule has 138 valence electrons. The molecular weight excluding hydrogens is 352 g/mol. The molecule has 1 amide bonds. The van der Waals surface area contributed by atoms with E-state index < -0.39 is 0 Å². The molecule has 4 heteroatoms. The van der Waals surface area contributed by atoms with E-state index in [2.05, 4.69) is 67.5 Å². The molecule has 3 aromatic rings. The molecule has 3 nitrogen and oxygen atoms in total. The largest absolute Gasteiger partial charge is 0.302 e. The lowest BCUT2D eigenvalue weighted by Crippen LogP contribution is -2.14. The van der Waals surface area contributed by atoms with Gasteiger partial charge in [0.25, 0.3) is 0 Å². The van der Waals surface area contributed by atoms with Crippen molar-refractivity contribution in [2.24, 2.45) is 5.92 Å². The first kappa shape index (κ1) is 17.9. The number of nitrogens with one attached hydrogen (secondary N) is 1. The van der Waals surface area contributed by atoms with Crippen LogP contribution in [0.5, 0.6) is 0 Å². The van der Waals surface area contributed by atoms with Crippen molar-refractivity contribution in [3.05, 3.63) is 71.1 Å². The van der Waals surface area contributed by atoms with Gasteiger partial charge in [0, 0.05) is 16.9 Å². The molecule has 2 atom stereocenters. The predicted molar refractivity (Wildman–Crippen MR) is 112 cm³/mol. The third-order valence-electron chi connectivity index (χ3n) is 5.14. The topological polar surface area (TPSA) is 42.0 Å². The van der Waals surface area contributed by atoms with E-state index in [9.17, 15) is 4.79 Å². The maximum absolute atomic E-state index is 12.5. The quantitative estimate of drug-likeness (QED) is 0.620. The van der Waals surface area contributed by atoms with Gasteiger partial charge in [0.05, 0.1) is 5.69 Å². The summed E-state index contributed by atoms with van der Waals surface area (Å²) in [7, 11) is 0. The zero-order valence-electron chi connectivity index (χ0n) is 15.9. The van der Waals surface area contributed by atoms with Crippen LogP contribution in [0, 0.1) is 5.92 Å². The highest BCUT2D eigenvalue weighted by molar-refractivity contribution is 7.14. The van der Waals surface area contributed by atoms with E-state index in [-0.39, 0.29) is 17.2 Å². The van der Waals surface area contributed by atoms with E-state index >= 15 is 0 Å². The number of anilines is 1. The molecule has 1 fully saturated rings. The highest BCUT2D eigenvalue weighted by Crippen LogP contribution is 2.48. The Morgan fingerprint density at radius 2 is 1.78 bits per heavy atom. The smallest absolute Gasteiger partial charge is 0.229 e. The van der Waals surface area contributed by atoms with Crippen molar-refractivity contribution in [3.8, 4) is 11.3 Å². The van der Waals surface area contributed by atoms with E-state index in [4.69, 9.17) is 0 Å². The second kappa shape index (κ2) is 6.93. The molecule has 1 saturated carbocycles. The molecule has 27 heavy (non-hydrogen) atoms. The number of hydrogen-bond acceptors (Lipinski definition) is 3. The van der Waals surface area contributed by atoms with Gasteiger partial charge in [-0.1, -0.05) is 75.4 Å². The Hall–Kier alpha value is -2.46. The molecule has 1 aliphatic rings. The standard InChI is InChI=1S/C23H24N2OS/c1-23(2,3)17-11-9-16(10-12-17)20-14-27-22(24-20)25-21(26)19-13-18(19)15-7-5-4-6-8-15/h4-12,14,18-19H,13H2,1-3H3,(H,24,25,26)/t18-,19-/m1/s1. The molecule has 0 radical (unpaired) electrons. The van der Waals surface area contributed by atoms with Crippen molar-refractivity contribution >= 4 is 22.4 Å². The molecule has 1 aromatic heterocycles. The van der Waals surface area contributed by atoms with Crippen LogP contribution < -0.4 is 5.32 Å².